The van der Waals surface area contributed by atoms with Crippen LogP contribution in [0.15, 0.2) is 18.2 Å². The Bertz CT molecular complexity index is 519. The van der Waals surface area contributed by atoms with Crippen LogP contribution in [-0.2, 0) is 9.59 Å². The summed E-state index contributed by atoms with van der Waals surface area (Å²) in [6.45, 7) is -1.09. The molecular weight excluding hydrogens is 262 g/mol. The van der Waals surface area contributed by atoms with Crippen LogP contribution >= 0.6 is 0 Å². The lowest BCUT2D eigenvalue weighted by molar-refractivity contribution is -0.137. The number of carbonyl (C=O) groups excluding carboxylic acids is 2. The molecule has 1 aromatic rings. The van der Waals surface area contributed by atoms with Gasteiger partial charge in [-0.2, -0.15) is 0 Å². The van der Waals surface area contributed by atoms with E-state index in [1.807, 2.05) is 5.32 Å². The molecule has 0 bridgehead atoms. The lowest BCUT2D eigenvalue weighted by Crippen LogP contribution is -2.39. The fourth-order valence-electron chi connectivity index (χ4n) is 1.17. The molecule has 0 saturated heterocycles. The molecule has 6 nitrogen and oxygen atoms in total. The molecule has 0 aromatic heterocycles. The van der Waals surface area contributed by atoms with Crippen molar-refractivity contribution in [3.63, 3.8) is 0 Å². The van der Waals surface area contributed by atoms with Gasteiger partial charge in [-0.15, -0.1) is 0 Å². The third kappa shape index (κ3) is 4.70. The van der Waals surface area contributed by atoms with Gasteiger partial charge in [0.15, 0.2) is 0 Å². The molecule has 3 N–H and O–H groups in total. The molecule has 0 aliphatic heterocycles. The van der Waals surface area contributed by atoms with Gasteiger partial charge >= 0.3 is 5.97 Å². The average molecular weight is 272 g/mol. The molecule has 0 saturated carbocycles. The van der Waals surface area contributed by atoms with Crippen molar-refractivity contribution in [2.75, 3.05) is 13.1 Å². The summed E-state index contributed by atoms with van der Waals surface area (Å²) in [5.41, 5.74) is -0.410. The Morgan fingerprint density at radius 1 is 1.11 bits per heavy atom. The van der Waals surface area contributed by atoms with Crippen LogP contribution in [0.5, 0.6) is 0 Å². The van der Waals surface area contributed by atoms with Crippen molar-refractivity contribution in [1.29, 1.82) is 0 Å². The Morgan fingerprint density at radius 3 is 2.37 bits per heavy atom. The first kappa shape index (κ1) is 14.6. The fourth-order valence-corrected chi connectivity index (χ4v) is 1.17. The van der Waals surface area contributed by atoms with E-state index in [2.05, 4.69) is 5.32 Å². The summed E-state index contributed by atoms with van der Waals surface area (Å²) < 4.78 is 25.8. The standard InChI is InChI=1S/C11H10F2N2O4/c12-6-1-2-7(8(13)3-6)11(19)15-4-9(16)14-5-10(17)18/h1-3H,4-5H2,(H,14,16)(H,15,19)(H,17,18). The van der Waals surface area contributed by atoms with Gasteiger partial charge in [0.25, 0.3) is 5.91 Å². The summed E-state index contributed by atoms with van der Waals surface area (Å²) in [7, 11) is 0. The van der Waals surface area contributed by atoms with Crippen molar-refractivity contribution in [2.24, 2.45) is 0 Å². The molecule has 19 heavy (non-hydrogen) atoms. The van der Waals surface area contributed by atoms with Crippen LogP contribution in [0.4, 0.5) is 8.78 Å². The van der Waals surface area contributed by atoms with Crippen molar-refractivity contribution in [1.82, 2.24) is 10.6 Å². The van der Waals surface area contributed by atoms with Gasteiger partial charge < -0.3 is 15.7 Å². The number of benzene rings is 1. The molecule has 0 aliphatic carbocycles. The van der Waals surface area contributed by atoms with Crippen molar-refractivity contribution in [2.45, 2.75) is 0 Å². The number of carboxylic acids is 1. The van der Waals surface area contributed by atoms with Gasteiger partial charge in [0.2, 0.25) is 5.91 Å². The highest BCUT2D eigenvalue weighted by Gasteiger charge is 2.13. The van der Waals surface area contributed by atoms with Gasteiger partial charge in [0, 0.05) is 6.07 Å². The zero-order chi connectivity index (χ0) is 14.4. The van der Waals surface area contributed by atoms with E-state index in [-0.39, 0.29) is 0 Å². The normalized spacial score (nSPS) is 9.79. The van der Waals surface area contributed by atoms with Gasteiger partial charge in [-0.1, -0.05) is 0 Å². The minimum atomic E-state index is -1.23. The first-order valence-electron chi connectivity index (χ1n) is 5.12. The van der Waals surface area contributed by atoms with Gasteiger partial charge in [0.05, 0.1) is 12.1 Å². The quantitative estimate of drug-likeness (QED) is 0.697. The zero-order valence-electron chi connectivity index (χ0n) is 9.57. The van der Waals surface area contributed by atoms with E-state index in [0.29, 0.717) is 6.07 Å². The number of hydrogen-bond donors (Lipinski definition) is 3. The third-order valence-electron chi connectivity index (χ3n) is 2.02. The van der Waals surface area contributed by atoms with Crippen molar-refractivity contribution in [3.8, 4) is 0 Å². The molecule has 1 rings (SSSR count). The predicted octanol–water partition coefficient (Wildman–Crippen LogP) is -0.105. The minimum Gasteiger partial charge on any atom is -0.480 e. The highest BCUT2D eigenvalue weighted by Crippen LogP contribution is 2.08. The average Bonchev–Trinajstić information content (AvgIpc) is 2.33. The van der Waals surface area contributed by atoms with Crippen LogP contribution < -0.4 is 10.6 Å². The molecule has 8 heteroatoms. The van der Waals surface area contributed by atoms with Crippen molar-refractivity contribution in [3.05, 3.63) is 35.4 Å². The maximum atomic E-state index is 13.2. The summed E-state index contributed by atoms with van der Waals surface area (Å²) in [6, 6.07) is 2.39. The van der Waals surface area contributed by atoms with Gasteiger partial charge in [-0.05, 0) is 12.1 Å². The summed E-state index contributed by atoms with van der Waals surface area (Å²) in [5, 5.41) is 12.4. The van der Waals surface area contributed by atoms with E-state index < -0.39 is 48.1 Å². The summed E-state index contributed by atoms with van der Waals surface area (Å²) in [4.78, 5) is 32.7. The summed E-state index contributed by atoms with van der Waals surface area (Å²) >= 11 is 0. The maximum Gasteiger partial charge on any atom is 0.322 e. The Labute approximate surface area is 106 Å². The number of carbonyl (C=O) groups is 3. The predicted molar refractivity (Wildman–Crippen MR) is 59.3 cm³/mol. The van der Waals surface area contributed by atoms with Gasteiger partial charge in [-0.3, -0.25) is 14.4 Å². The maximum absolute atomic E-state index is 13.2. The van der Waals surface area contributed by atoms with Crippen molar-refractivity contribution < 1.29 is 28.3 Å². The van der Waals surface area contributed by atoms with E-state index in [1.165, 1.54) is 0 Å². The second-order valence-electron chi connectivity index (χ2n) is 3.48. The molecule has 0 aliphatic rings. The number of carboxylic acid groups (broad SMARTS) is 1. The number of amides is 2. The van der Waals surface area contributed by atoms with Crippen LogP contribution in [0, 0.1) is 11.6 Å². The first-order valence-corrected chi connectivity index (χ1v) is 5.12. The number of halogens is 2. The minimum absolute atomic E-state index is 0.410. The first-order chi connectivity index (χ1) is 8.90. The van der Waals surface area contributed by atoms with Crippen molar-refractivity contribution >= 4 is 17.8 Å². The second kappa shape index (κ2) is 6.43. The highest BCUT2D eigenvalue weighted by molar-refractivity contribution is 5.96. The molecule has 0 spiro atoms. The number of hydrogen-bond acceptors (Lipinski definition) is 3. The molecule has 1 aromatic carbocycles. The van der Waals surface area contributed by atoms with Gasteiger partial charge in [-0.25, -0.2) is 8.78 Å². The lowest BCUT2D eigenvalue weighted by atomic mass is 10.2. The van der Waals surface area contributed by atoms with E-state index in [9.17, 15) is 23.2 Å². The Balaban J connectivity index is 2.51. The Hall–Kier alpha value is -2.51. The largest absolute Gasteiger partial charge is 0.480 e. The zero-order valence-corrected chi connectivity index (χ0v) is 9.57. The molecular formula is C11H10F2N2O4. The van der Waals surface area contributed by atoms with Gasteiger partial charge in [0.1, 0.15) is 18.2 Å². The highest BCUT2D eigenvalue weighted by atomic mass is 19.1. The van der Waals surface area contributed by atoms with Crippen LogP contribution in [0.3, 0.4) is 0 Å². The number of aliphatic carboxylic acids is 1. The summed E-state index contributed by atoms with van der Waals surface area (Å²) in [5.74, 6) is -4.75. The molecule has 0 unspecified atom stereocenters. The number of nitrogens with one attached hydrogen (secondary N) is 2. The summed E-state index contributed by atoms with van der Waals surface area (Å²) in [6.07, 6.45) is 0. The smallest absolute Gasteiger partial charge is 0.322 e. The second-order valence-corrected chi connectivity index (χ2v) is 3.48. The van der Waals surface area contributed by atoms with E-state index in [0.717, 1.165) is 12.1 Å². The molecule has 2 amide bonds. The topological polar surface area (TPSA) is 95.5 Å². The molecule has 0 atom stereocenters. The van der Waals surface area contributed by atoms with Crippen LogP contribution in [-0.4, -0.2) is 36.0 Å². The van der Waals surface area contributed by atoms with E-state index >= 15 is 0 Å². The van der Waals surface area contributed by atoms with E-state index in [1.54, 1.807) is 0 Å². The van der Waals surface area contributed by atoms with E-state index in [4.69, 9.17) is 5.11 Å². The third-order valence-corrected chi connectivity index (χ3v) is 2.02. The molecule has 102 valence electrons. The molecule has 0 fully saturated rings. The Morgan fingerprint density at radius 2 is 1.79 bits per heavy atom. The lowest BCUT2D eigenvalue weighted by Gasteiger charge is -2.06. The SMILES string of the molecule is O=C(O)CNC(=O)CNC(=O)c1ccc(F)cc1F. The van der Waals surface area contributed by atoms with Crippen LogP contribution in [0.2, 0.25) is 0 Å². The molecule has 0 radical (unpaired) electrons. The fraction of sp³-hybridized carbons (Fsp3) is 0.182. The number of rotatable bonds is 5. The monoisotopic (exact) mass is 272 g/mol. The Kier molecular flexibility index (Phi) is 4.92. The van der Waals surface area contributed by atoms with Crippen LogP contribution in [0.25, 0.3) is 0 Å². The molecule has 0 heterocycles. The van der Waals surface area contributed by atoms with Crippen LogP contribution in [0.1, 0.15) is 10.4 Å².